The molecule has 0 bridgehead atoms. The summed E-state index contributed by atoms with van der Waals surface area (Å²) >= 11 is 0. The Balaban J connectivity index is 1.87. The number of nitrogens with zero attached hydrogens (tertiary/aromatic N) is 2. The van der Waals surface area contributed by atoms with E-state index in [4.69, 9.17) is 20.0 Å². The van der Waals surface area contributed by atoms with Gasteiger partial charge in [-0.3, -0.25) is 4.79 Å². The predicted octanol–water partition coefficient (Wildman–Crippen LogP) is 4.18. The smallest absolute Gasteiger partial charge is 0.243 e. The second-order valence-corrected chi connectivity index (χ2v) is 8.26. The zero-order chi connectivity index (χ0) is 23.8. The van der Waals surface area contributed by atoms with Gasteiger partial charge in [-0.2, -0.15) is 5.10 Å². The normalized spacial score (nSPS) is 17.9. The Hall–Kier alpha value is -3.13. The van der Waals surface area contributed by atoms with E-state index in [9.17, 15) is 4.79 Å². The van der Waals surface area contributed by atoms with Crippen LogP contribution in [0.15, 0.2) is 36.9 Å². The van der Waals surface area contributed by atoms with Gasteiger partial charge < -0.3 is 25.5 Å². The fraction of sp³-hybridized carbons (Fsp3) is 0.480. The van der Waals surface area contributed by atoms with E-state index in [0.29, 0.717) is 18.9 Å². The second kappa shape index (κ2) is 11.7. The zero-order valence-corrected chi connectivity index (χ0v) is 19.8. The number of rotatable bonds is 11. The number of anilines is 1. The third kappa shape index (κ3) is 6.01. The standard InChI is InChI=1S/C25H35N5O3/c1-5-22(31)28-19-9-11-20(12-10-19)30-25(27-6-2)23(17(3)26)24(29-30)18-7-13-21(14-8-18)33-16-15-32-4/h5,7-8,13-14,19-20,26-27H,1,6,9-12,15-16H2,2-4H3,(H,28,31). The minimum absolute atomic E-state index is 0.121. The first-order chi connectivity index (χ1) is 16.0. The average molecular weight is 454 g/mol. The molecule has 8 nitrogen and oxygen atoms in total. The summed E-state index contributed by atoms with van der Waals surface area (Å²) in [7, 11) is 1.65. The molecule has 0 unspecified atom stereocenters. The molecule has 0 spiro atoms. The van der Waals surface area contributed by atoms with E-state index in [1.807, 2.05) is 31.2 Å². The molecule has 2 aromatic rings. The molecule has 1 aliphatic carbocycles. The Labute approximate surface area is 195 Å². The van der Waals surface area contributed by atoms with Gasteiger partial charge in [-0.05, 0) is 69.9 Å². The lowest BCUT2D eigenvalue weighted by molar-refractivity contribution is -0.117. The van der Waals surface area contributed by atoms with Crippen molar-refractivity contribution in [3.63, 3.8) is 0 Å². The molecule has 1 saturated carbocycles. The summed E-state index contributed by atoms with van der Waals surface area (Å²) in [5.74, 6) is 1.54. The van der Waals surface area contributed by atoms with Crippen LogP contribution in [0.1, 0.15) is 51.1 Å². The molecule has 0 atom stereocenters. The first-order valence-electron chi connectivity index (χ1n) is 11.5. The SMILES string of the molecule is C=CC(=O)NC1CCC(n2nc(-c3ccc(OCCOC)cc3)c(C(C)=N)c2NCC)CC1. The van der Waals surface area contributed by atoms with Crippen molar-refractivity contribution in [3.8, 4) is 17.0 Å². The maximum absolute atomic E-state index is 11.7. The molecule has 8 heteroatoms. The molecular formula is C25H35N5O3. The van der Waals surface area contributed by atoms with E-state index >= 15 is 0 Å². The van der Waals surface area contributed by atoms with Crippen LogP contribution in [0.4, 0.5) is 5.82 Å². The van der Waals surface area contributed by atoms with Crippen LogP contribution in [0.25, 0.3) is 11.3 Å². The number of carbonyl (C=O) groups excluding carboxylic acids is 1. The van der Waals surface area contributed by atoms with E-state index in [1.165, 1.54) is 6.08 Å². The molecule has 178 valence electrons. The highest BCUT2D eigenvalue weighted by Crippen LogP contribution is 2.37. The van der Waals surface area contributed by atoms with Crippen LogP contribution in [-0.4, -0.2) is 54.3 Å². The maximum atomic E-state index is 11.7. The van der Waals surface area contributed by atoms with E-state index in [1.54, 1.807) is 14.0 Å². The molecule has 1 aromatic carbocycles. The van der Waals surface area contributed by atoms with Crippen molar-refractivity contribution in [3.05, 3.63) is 42.5 Å². The molecule has 0 radical (unpaired) electrons. The molecule has 33 heavy (non-hydrogen) atoms. The first kappa shape index (κ1) is 24.5. The van der Waals surface area contributed by atoms with Crippen molar-refractivity contribution in [2.24, 2.45) is 0 Å². The molecule has 1 heterocycles. The molecule has 0 saturated heterocycles. The third-order valence-corrected chi connectivity index (χ3v) is 5.89. The topological polar surface area (TPSA) is 101 Å². The van der Waals surface area contributed by atoms with Gasteiger partial charge in [-0.1, -0.05) is 6.58 Å². The van der Waals surface area contributed by atoms with Crippen molar-refractivity contribution in [2.75, 3.05) is 32.2 Å². The van der Waals surface area contributed by atoms with Gasteiger partial charge >= 0.3 is 0 Å². The number of benzene rings is 1. The van der Waals surface area contributed by atoms with Crippen molar-refractivity contribution in [1.82, 2.24) is 15.1 Å². The largest absolute Gasteiger partial charge is 0.491 e. The number of aromatic nitrogens is 2. The summed E-state index contributed by atoms with van der Waals surface area (Å²) in [5, 5.41) is 19.9. The van der Waals surface area contributed by atoms with Crippen LogP contribution in [0.3, 0.4) is 0 Å². The maximum Gasteiger partial charge on any atom is 0.243 e. The Kier molecular flexibility index (Phi) is 8.65. The molecule has 1 aromatic heterocycles. The third-order valence-electron chi connectivity index (χ3n) is 5.89. The molecule has 3 N–H and O–H groups in total. The Morgan fingerprint density at radius 3 is 2.52 bits per heavy atom. The number of hydrogen-bond acceptors (Lipinski definition) is 6. The quantitative estimate of drug-likeness (QED) is 0.269. The number of ether oxygens (including phenoxy) is 2. The second-order valence-electron chi connectivity index (χ2n) is 8.26. The number of methoxy groups -OCH3 is 1. The number of nitrogens with one attached hydrogen (secondary N) is 3. The Morgan fingerprint density at radius 2 is 1.94 bits per heavy atom. The van der Waals surface area contributed by atoms with Crippen LogP contribution in [-0.2, 0) is 9.53 Å². The van der Waals surface area contributed by atoms with E-state index in [2.05, 4.69) is 21.9 Å². The number of hydrogen-bond donors (Lipinski definition) is 3. The van der Waals surface area contributed by atoms with Crippen LogP contribution < -0.4 is 15.4 Å². The van der Waals surface area contributed by atoms with Crippen LogP contribution in [0.5, 0.6) is 5.75 Å². The minimum atomic E-state index is -0.121. The monoisotopic (exact) mass is 453 g/mol. The van der Waals surface area contributed by atoms with E-state index < -0.39 is 0 Å². The number of carbonyl (C=O) groups is 1. The zero-order valence-electron chi connectivity index (χ0n) is 19.8. The molecular weight excluding hydrogens is 418 g/mol. The van der Waals surface area contributed by atoms with Gasteiger partial charge in [-0.15, -0.1) is 0 Å². The summed E-state index contributed by atoms with van der Waals surface area (Å²) in [4.78, 5) is 11.7. The highest BCUT2D eigenvalue weighted by atomic mass is 16.5. The average Bonchev–Trinajstić information content (AvgIpc) is 3.20. The summed E-state index contributed by atoms with van der Waals surface area (Å²) < 4.78 is 12.8. The lowest BCUT2D eigenvalue weighted by Crippen LogP contribution is -2.37. The fourth-order valence-corrected chi connectivity index (χ4v) is 4.27. The van der Waals surface area contributed by atoms with Crippen molar-refractivity contribution in [1.29, 1.82) is 5.41 Å². The summed E-state index contributed by atoms with van der Waals surface area (Å²) in [5.41, 5.74) is 3.04. The van der Waals surface area contributed by atoms with Gasteiger partial charge in [0.25, 0.3) is 0 Å². The first-order valence-corrected chi connectivity index (χ1v) is 11.5. The van der Waals surface area contributed by atoms with Crippen LogP contribution in [0.2, 0.25) is 0 Å². The summed E-state index contributed by atoms with van der Waals surface area (Å²) in [6, 6.07) is 8.19. The van der Waals surface area contributed by atoms with Gasteiger partial charge in [0, 0.05) is 31.0 Å². The van der Waals surface area contributed by atoms with Crippen molar-refractivity contribution >= 4 is 17.4 Å². The lowest BCUT2D eigenvalue weighted by atomic mass is 9.91. The predicted molar refractivity (Wildman–Crippen MR) is 131 cm³/mol. The lowest BCUT2D eigenvalue weighted by Gasteiger charge is -2.30. The number of amides is 1. The molecule has 1 aliphatic rings. The van der Waals surface area contributed by atoms with Gasteiger partial charge in [0.05, 0.1) is 18.2 Å². The van der Waals surface area contributed by atoms with Gasteiger partial charge in [0.2, 0.25) is 5.91 Å². The van der Waals surface area contributed by atoms with E-state index in [0.717, 1.165) is 60.6 Å². The fourth-order valence-electron chi connectivity index (χ4n) is 4.27. The van der Waals surface area contributed by atoms with Gasteiger partial charge in [0.1, 0.15) is 23.9 Å². The molecule has 1 amide bonds. The Morgan fingerprint density at radius 1 is 1.24 bits per heavy atom. The molecule has 1 fully saturated rings. The van der Waals surface area contributed by atoms with Crippen molar-refractivity contribution < 1.29 is 14.3 Å². The summed E-state index contributed by atoms with van der Waals surface area (Å²) in [6.45, 7) is 9.16. The van der Waals surface area contributed by atoms with Gasteiger partial charge in [0.15, 0.2) is 0 Å². The van der Waals surface area contributed by atoms with Crippen LogP contribution in [0, 0.1) is 5.41 Å². The van der Waals surface area contributed by atoms with Crippen molar-refractivity contribution in [2.45, 2.75) is 51.6 Å². The highest BCUT2D eigenvalue weighted by molar-refractivity contribution is 6.06. The van der Waals surface area contributed by atoms with E-state index in [-0.39, 0.29) is 18.0 Å². The van der Waals surface area contributed by atoms with Crippen LogP contribution >= 0.6 is 0 Å². The minimum Gasteiger partial charge on any atom is -0.491 e. The molecule has 3 rings (SSSR count). The molecule has 0 aliphatic heterocycles. The Bertz CT molecular complexity index is 959. The van der Waals surface area contributed by atoms with Gasteiger partial charge in [-0.25, -0.2) is 4.68 Å². The highest BCUT2D eigenvalue weighted by Gasteiger charge is 2.29. The summed E-state index contributed by atoms with van der Waals surface area (Å²) in [6.07, 6.45) is 4.91.